The Morgan fingerprint density at radius 1 is 1.24 bits per heavy atom. The Kier molecular flexibility index (Phi) is 4.31. The van der Waals surface area contributed by atoms with E-state index in [2.05, 4.69) is 0 Å². The summed E-state index contributed by atoms with van der Waals surface area (Å²) in [6.45, 7) is 2.91. The molecule has 0 saturated heterocycles. The monoisotopic (exact) mass is 234 g/mol. The van der Waals surface area contributed by atoms with Crippen LogP contribution in [0, 0.1) is 0 Å². The van der Waals surface area contributed by atoms with Crippen molar-refractivity contribution in [3.63, 3.8) is 0 Å². The maximum absolute atomic E-state index is 9.69. The van der Waals surface area contributed by atoms with Crippen LogP contribution in [0.2, 0.25) is 0 Å². The SMILES string of the molecule is C[C@H]1C=C[C@@H](O)[C@@H](COCc2ccccc2)O1. The first-order valence-electron chi connectivity index (χ1n) is 5.89. The van der Waals surface area contributed by atoms with Crippen molar-refractivity contribution < 1.29 is 14.6 Å². The average Bonchev–Trinajstić information content (AvgIpc) is 2.35. The van der Waals surface area contributed by atoms with Crippen LogP contribution in [0.3, 0.4) is 0 Å². The van der Waals surface area contributed by atoms with Crippen LogP contribution in [-0.4, -0.2) is 30.0 Å². The van der Waals surface area contributed by atoms with Crippen molar-refractivity contribution in [3.05, 3.63) is 48.0 Å². The summed E-state index contributed by atoms with van der Waals surface area (Å²) in [5.74, 6) is 0. The zero-order valence-electron chi connectivity index (χ0n) is 9.95. The fourth-order valence-electron chi connectivity index (χ4n) is 1.80. The van der Waals surface area contributed by atoms with E-state index in [1.165, 1.54) is 0 Å². The highest BCUT2D eigenvalue weighted by atomic mass is 16.5. The highest BCUT2D eigenvalue weighted by Gasteiger charge is 2.23. The number of rotatable bonds is 4. The summed E-state index contributed by atoms with van der Waals surface area (Å²) in [4.78, 5) is 0. The fourth-order valence-corrected chi connectivity index (χ4v) is 1.80. The van der Waals surface area contributed by atoms with Crippen LogP contribution in [0.4, 0.5) is 0 Å². The molecule has 1 N–H and O–H groups in total. The van der Waals surface area contributed by atoms with Gasteiger partial charge < -0.3 is 14.6 Å². The van der Waals surface area contributed by atoms with Crippen molar-refractivity contribution >= 4 is 0 Å². The molecule has 0 fully saturated rings. The molecule has 92 valence electrons. The molecule has 3 heteroatoms. The number of hydrogen-bond acceptors (Lipinski definition) is 3. The maximum Gasteiger partial charge on any atom is 0.111 e. The zero-order valence-corrected chi connectivity index (χ0v) is 9.95. The molecule has 0 amide bonds. The number of benzene rings is 1. The second-order valence-electron chi connectivity index (χ2n) is 4.26. The van der Waals surface area contributed by atoms with E-state index in [0.717, 1.165) is 5.56 Å². The molecule has 0 saturated carbocycles. The molecule has 1 aromatic carbocycles. The van der Waals surface area contributed by atoms with Gasteiger partial charge in [0.15, 0.2) is 0 Å². The van der Waals surface area contributed by atoms with Crippen molar-refractivity contribution in [2.45, 2.75) is 31.8 Å². The Bertz CT molecular complexity index is 361. The number of hydrogen-bond donors (Lipinski definition) is 1. The van der Waals surface area contributed by atoms with Gasteiger partial charge in [-0.1, -0.05) is 42.5 Å². The van der Waals surface area contributed by atoms with Crippen LogP contribution in [-0.2, 0) is 16.1 Å². The third kappa shape index (κ3) is 3.66. The third-order valence-electron chi connectivity index (χ3n) is 2.74. The molecule has 0 unspecified atom stereocenters. The summed E-state index contributed by atoms with van der Waals surface area (Å²) < 4.78 is 11.1. The molecule has 3 nitrogen and oxygen atoms in total. The lowest BCUT2D eigenvalue weighted by molar-refractivity contribution is -0.0914. The molecule has 0 bridgehead atoms. The Hall–Kier alpha value is -1.16. The highest BCUT2D eigenvalue weighted by molar-refractivity contribution is 5.13. The van der Waals surface area contributed by atoms with Gasteiger partial charge in [0, 0.05) is 0 Å². The summed E-state index contributed by atoms with van der Waals surface area (Å²) in [6.07, 6.45) is 2.84. The first-order chi connectivity index (χ1) is 8.25. The maximum atomic E-state index is 9.69. The van der Waals surface area contributed by atoms with Crippen molar-refractivity contribution in [3.8, 4) is 0 Å². The van der Waals surface area contributed by atoms with Crippen molar-refractivity contribution in [1.29, 1.82) is 0 Å². The van der Waals surface area contributed by atoms with E-state index in [1.807, 2.05) is 43.3 Å². The normalized spacial score (nSPS) is 28.2. The van der Waals surface area contributed by atoms with Crippen LogP contribution in [0.5, 0.6) is 0 Å². The van der Waals surface area contributed by atoms with Crippen LogP contribution in [0.1, 0.15) is 12.5 Å². The fraction of sp³-hybridized carbons (Fsp3) is 0.429. The van der Waals surface area contributed by atoms with Gasteiger partial charge in [-0.3, -0.25) is 0 Å². The van der Waals surface area contributed by atoms with E-state index >= 15 is 0 Å². The van der Waals surface area contributed by atoms with E-state index < -0.39 is 6.10 Å². The minimum absolute atomic E-state index is 0.0451. The Morgan fingerprint density at radius 3 is 2.76 bits per heavy atom. The molecule has 17 heavy (non-hydrogen) atoms. The van der Waals surface area contributed by atoms with Crippen LogP contribution < -0.4 is 0 Å². The quantitative estimate of drug-likeness (QED) is 0.809. The van der Waals surface area contributed by atoms with Gasteiger partial charge in [0.25, 0.3) is 0 Å². The standard InChI is InChI=1S/C14H18O3/c1-11-7-8-13(15)14(17-11)10-16-9-12-5-3-2-4-6-12/h2-8,11,13-15H,9-10H2,1H3/t11-,13+,14+/m0/s1. The minimum atomic E-state index is -0.568. The molecular formula is C14H18O3. The first-order valence-corrected chi connectivity index (χ1v) is 5.89. The predicted octanol–water partition coefficient (Wildman–Crippen LogP) is 1.91. The van der Waals surface area contributed by atoms with Crippen LogP contribution in [0.25, 0.3) is 0 Å². The summed E-state index contributed by atoms with van der Waals surface area (Å²) in [5.41, 5.74) is 1.13. The van der Waals surface area contributed by atoms with E-state index in [0.29, 0.717) is 13.2 Å². The number of ether oxygens (including phenoxy) is 2. The topological polar surface area (TPSA) is 38.7 Å². The van der Waals surface area contributed by atoms with E-state index in [9.17, 15) is 5.11 Å². The van der Waals surface area contributed by atoms with E-state index in [-0.39, 0.29) is 12.2 Å². The average molecular weight is 234 g/mol. The molecule has 2 rings (SSSR count). The number of aliphatic hydroxyl groups excluding tert-OH is 1. The van der Waals surface area contributed by atoms with Gasteiger partial charge in [0.2, 0.25) is 0 Å². The van der Waals surface area contributed by atoms with Crippen LogP contribution >= 0.6 is 0 Å². The lowest BCUT2D eigenvalue weighted by Crippen LogP contribution is -2.37. The molecular weight excluding hydrogens is 216 g/mol. The smallest absolute Gasteiger partial charge is 0.111 e. The molecule has 0 aliphatic carbocycles. The Labute approximate surface area is 102 Å². The molecule has 0 aromatic heterocycles. The largest absolute Gasteiger partial charge is 0.386 e. The second kappa shape index (κ2) is 5.96. The Morgan fingerprint density at radius 2 is 2.00 bits per heavy atom. The summed E-state index contributed by atoms with van der Waals surface area (Å²) in [5, 5.41) is 9.69. The molecule has 0 spiro atoms. The second-order valence-corrected chi connectivity index (χ2v) is 4.26. The minimum Gasteiger partial charge on any atom is -0.386 e. The third-order valence-corrected chi connectivity index (χ3v) is 2.74. The molecule has 0 radical (unpaired) electrons. The van der Waals surface area contributed by atoms with Gasteiger partial charge in [-0.2, -0.15) is 0 Å². The molecule has 1 aliphatic rings. The lowest BCUT2D eigenvalue weighted by Gasteiger charge is -2.27. The lowest BCUT2D eigenvalue weighted by atomic mass is 10.1. The van der Waals surface area contributed by atoms with Crippen molar-refractivity contribution in [2.75, 3.05) is 6.61 Å². The molecule has 1 heterocycles. The van der Waals surface area contributed by atoms with Gasteiger partial charge in [-0.05, 0) is 12.5 Å². The van der Waals surface area contributed by atoms with Gasteiger partial charge in [-0.25, -0.2) is 0 Å². The summed E-state index contributed by atoms with van der Waals surface area (Å²) >= 11 is 0. The first kappa shape index (κ1) is 12.3. The van der Waals surface area contributed by atoms with E-state index in [1.54, 1.807) is 6.08 Å². The number of aliphatic hydroxyl groups is 1. The van der Waals surface area contributed by atoms with Crippen LogP contribution in [0.15, 0.2) is 42.5 Å². The van der Waals surface area contributed by atoms with Crippen molar-refractivity contribution in [1.82, 2.24) is 0 Å². The zero-order chi connectivity index (χ0) is 12.1. The van der Waals surface area contributed by atoms with Crippen molar-refractivity contribution in [2.24, 2.45) is 0 Å². The summed E-state index contributed by atoms with van der Waals surface area (Å²) in [7, 11) is 0. The molecule has 1 aliphatic heterocycles. The van der Waals surface area contributed by atoms with Gasteiger partial charge >= 0.3 is 0 Å². The molecule has 3 atom stereocenters. The van der Waals surface area contributed by atoms with Gasteiger partial charge in [0.1, 0.15) is 12.2 Å². The van der Waals surface area contributed by atoms with E-state index in [4.69, 9.17) is 9.47 Å². The summed E-state index contributed by atoms with van der Waals surface area (Å²) in [6, 6.07) is 9.97. The highest BCUT2D eigenvalue weighted by Crippen LogP contribution is 2.13. The molecule has 1 aromatic rings. The van der Waals surface area contributed by atoms with Gasteiger partial charge in [0.05, 0.1) is 19.3 Å². The predicted molar refractivity (Wildman–Crippen MR) is 65.6 cm³/mol. The van der Waals surface area contributed by atoms with Gasteiger partial charge in [-0.15, -0.1) is 0 Å². The Balaban J connectivity index is 1.77.